The van der Waals surface area contributed by atoms with Gasteiger partial charge >= 0.3 is 0 Å². The van der Waals surface area contributed by atoms with E-state index in [9.17, 15) is 4.79 Å². The van der Waals surface area contributed by atoms with Crippen molar-refractivity contribution in [3.05, 3.63) is 59.7 Å². The Morgan fingerprint density at radius 1 is 0.688 bits per heavy atom. The molecule has 7 heteroatoms. The van der Waals surface area contributed by atoms with E-state index in [4.69, 9.17) is 9.47 Å². The fourth-order valence-corrected chi connectivity index (χ4v) is 5.48. The first-order valence-electron chi connectivity index (χ1n) is 11.3. The SMILES string of the molecule is O=C(CC(Br)c1ccc(N2CCOCC2)cc1)CC(Br)c1ccc(N2CCOCC2)cc1. The van der Waals surface area contributed by atoms with E-state index in [2.05, 4.69) is 90.2 Å². The molecule has 2 unspecified atom stereocenters. The van der Waals surface area contributed by atoms with Crippen LogP contribution in [-0.2, 0) is 14.3 Å². The van der Waals surface area contributed by atoms with Crippen molar-refractivity contribution in [2.45, 2.75) is 22.5 Å². The van der Waals surface area contributed by atoms with E-state index in [1.807, 2.05) is 0 Å². The van der Waals surface area contributed by atoms with E-state index in [-0.39, 0.29) is 15.4 Å². The number of benzene rings is 2. The number of ketones is 1. The van der Waals surface area contributed by atoms with Crippen molar-refractivity contribution in [1.29, 1.82) is 0 Å². The number of anilines is 2. The van der Waals surface area contributed by atoms with Crippen molar-refractivity contribution < 1.29 is 14.3 Å². The van der Waals surface area contributed by atoms with Crippen LogP contribution in [0.1, 0.15) is 33.6 Å². The van der Waals surface area contributed by atoms with Crippen molar-refractivity contribution >= 4 is 49.0 Å². The number of rotatable bonds is 8. The van der Waals surface area contributed by atoms with Gasteiger partial charge in [-0.05, 0) is 35.4 Å². The van der Waals surface area contributed by atoms with Crippen LogP contribution >= 0.6 is 31.9 Å². The molecule has 2 aliphatic rings. The molecule has 5 nitrogen and oxygen atoms in total. The minimum absolute atomic E-state index is 0.0251. The highest BCUT2D eigenvalue weighted by molar-refractivity contribution is 9.09. The van der Waals surface area contributed by atoms with Gasteiger partial charge in [-0.15, -0.1) is 0 Å². The molecule has 0 aliphatic carbocycles. The molecule has 172 valence electrons. The Balaban J connectivity index is 1.27. The van der Waals surface area contributed by atoms with E-state index in [1.165, 1.54) is 11.4 Å². The van der Waals surface area contributed by atoms with Gasteiger partial charge in [-0.1, -0.05) is 56.1 Å². The Morgan fingerprint density at radius 2 is 1.03 bits per heavy atom. The average molecular weight is 566 g/mol. The molecule has 0 spiro atoms. The summed E-state index contributed by atoms with van der Waals surface area (Å²) in [6, 6.07) is 17.0. The van der Waals surface area contributed by atoms with Crippen LogP contribution in [0, 0.1) is 0 Å². The number of morpholine rings is 2. The Labute approximate surface area is 207 Å². The molecule has 32 heavy (non-hydrogen) atoms. The predicted molar refractivity (Wildman–Crippen MR) is 137 cm³/mol. The summed E-state index contributed by atoms with van der Waals surface area (Å²) in [5, 5.41) is 0. The number of hydrogen-bond donors (Lipinski definition) is 0. The van der Waals surface area contributed by atoms with Crippen LogP contribution in [0.4, 0.5) is 11.4 Å². The second-order valence-electron chi connectivity index (χ2n) is 8.26. The topological polar surface area (TPSA) is 42.0 Å². The number of nitrogens with zero attached hydrogens (tertiary/aromatic N) is 2. The molecule has 0 aromatic heterocycles. The summed E-state index contributed by atoms with van der Waals surface area (Å²) in [7, 11) is 0. The van der Waals surface area contributed by atoms with E-state index < -0.39 is 0 Å². The summed E-state index contributed by atoms with van der Waals surface area (Å²) in [5.41, 5.74) is 4.70. The zero-order valence-electron chi connectivity index (χ0n) is 18.2. The second kappa shape index (κ2) is 11.6. The first-order valence-corrected chi connectivity index (χ1v) is 13.1. The average Bonchev–Trinajstić information content (AvgIpc) is 2.85. The van der Waals surface area contributed by atoms with Gasteiger partial charge in [0.2, 0.25) is 0 Å². The molecule has 2 heterocycles. The molecule has 2 aromatic rings. The first kappa shape index (κ1) is 23.7. The van der Waals surface area contributed by atoms with Gasteiger partial charge in [-0.25, -0.2) is 0 Å². The zero-order valence-corrected chi connectivity index (χ0v) is 21.4. The zero-order chi connectivity index (χ0) is 22.3. The smallest absolute Gasteiger partial charge is 0.135 e. The van der Waals surface area contributed by atoms with Gasteiger partial charge in [0, 0.05) is 60.0 Å². The van der Waals surface area contributed by atoms with E-state index in [1.54, 1.807) is 0 Å². The molecule has 0 radical (unpaired) electrons. The molecule has 0 N–H and O–H groups in total. The molecular weight excluding hydrogens is 536 g/mol. The number of carbonyl (C=O) groups excluding carboxylic acids is 1. The fraction of sp³-hybridized carbons (Fsp3) is 0.480. The summed E-state index contributed by atoms with van der Waals surface area (Å²) in [6.07, 6.45) is 0.954. The molecular formula is C25H30Br2N2O3. The normalized spacial score (nSPS) is 18.9. The third-order valence-electron chi connectivity index (χ3n) is 6.08. The Hall–Kier alpha value is -1.41. The van der Waals surface area contributed by atoms with Gasteiger partial charge < -0.3 is 19.3 Å². The largest absolute Gasteiger partial charge is 0.378 e. The highest BCUT2D eigenvalue weighted by atomic mass is 79.9. The number of carbonyl (C=O) groups is 1. The number of Topliss-reactive ketones (excluding diaryl/α,β-unsaturated/α-hetero) is 1. The lowest BCUT2D eigenvalue weighted by atomic mass is 10.0. The Kier molecular flexibility index (Phi) is 8.63. The maximum atomic E-state index is 12.7. The van der Waals surface area contributed by atoms with Gasteiger partial charge in [0.15, 0.2) is 0 Å². The summed E-state index contributed by atoms with van der Waals surface area (Å²) < 4.78 is 10.9. The summed E-state index contributed by atoms with van der Waals surface area (Å²) in [5.74, 6) is 0.239. The Morgan fingerprint density at radius 3 is 1.38 bits per heavy atom. The van der Waals surface area contributed by atoms with Gasteiger partial charge in [-0.3, -0.25) is 4.79 Å². The lowest BCUT2D eigenvalue weighted by molar-refractivity contribution is -0.119. The predicted octanol–water partition coefficient (Wildman–Crippen LogP) is 5.28. The molecule has 4 rings (SSSR count). The molecule has 0 amide bonds. The second-order valence-corrected chi connectivity index (χ2v) is 10.5. The van der Waals surface area contributed by atoms with Crippen molar-refractivity contribution in [3.8, 4) is 0 Å². The standard InChI is InChI=1S/C25H30Br2N2O3/c26-24(19-1-5-21(6-2-19)28-9-13-31-14-10-28)17-23(30)18-25(27)20-3-7-22(8-4-20)29-11-15-32-16-12-29/h1-8,24-25H,9-18H2. The van der Waals surface area contributed by atoms with Crippen LogP contribution in [0.5, 0.6) is 0 Å². The van der Waals surface area contributed by atoms with Gasteiger partial charge in [-0.2, -0.15) is 0 Å². The van der Waals surface area contributed by atoms with Crippen LogP contribution < -0.4 is 9.80 Å². The number of ether oxygens (including phenoxy) is 2. The molecule has 2 aromatic carbocycles. The lowest BCUT2D eigenvalue weighted by Gasteiger charge is -2.29. The maximum absolute atomic E-state index is 12.7. The quantitative estimate of drug-likeness (QED) is 0.407. The molecule has 2 fully saturated rings. The molecule has 2 aliphatic heterocycles. The van der Waals surface area contributed by atoms with Gasteiger partial charge in [0.25, 0.3) is 0 Å². The van der Waals surface area contributed by atoms with Crippen LogP contribution in [0.3, 0.4) is 0 Å². The van der Waals surface area contributed by atoms with Crippen LogP contribution in [-0.4, -0.2) is 58.4 Å². The number of halogens is 2. The van der Waals surface area contributed by atoms with Crippen LogP contribution in [0.2, 0.25) is 0 Å². The highest BCUT2D eigenvalue weighted by Crippen LogP contribution is 2.33. The minimum Gasteiger partial charge on any atom is -0.378 e. The van der Waals surface area contributed by atoms with Crippen molar-refractivity contribution in [1.82, 2.24) is 0 Å². The van der Waals surface area contributed by atoms with Crippen molar-refractivity contribution in [2.24, 2.45) is 0 Å². The molecule has 2 saturated heterocycles. The third kappa shape index (κ3) is 6.34. The van der Waals surface area contributed by atoms with Crippen molar-refractivity contribution in [2.75, 3.05) is 62.4 Å². The maximum Gasteiger partial charge on any atom is 0.135 e. The monoisotopic (exact) mass is 564 g/mol. The van der Waals surface area contributed by atoms with E-state index in [0.29, 0.717) is 12.8 Å². The summed E-state index contributed by atoms with van der Waals surface area (Å²) in [6.45, 7) is 6.82. The molecule has 0 bridgehead atoms. The third-order valence-corrected chi connectivity index (χ3v) is 7.78. The molecule has 0 saturated carbocycles. The van der Waals surface area contributed by atoms with Gasteiger partial charge in [0.1, 0.15) is 5.78 Å². The lowest BCUT2D eigenvalue weighted by Crippen LogP contribution is -2.36. The van der Waals surface area contributed by atoms with Crippen LogP contribution in [0.15, 0.2) is 48.5 Å². The highest BCUT2D eigenvalue weighted by Gasteiger charge is 2.19. The fourth-order valence-electron chi connectivity index (χ4n) is 4.15. The van der Waals surface area contributed by atoms with E-state index >= 15 is 0 Å². The minimum atomic E-state index is 0.0251. The van der Waals surface area contributed by atoms with Crippen molar-refractivity contribution in [3.63, 3.8) is 0 Å². The Bertz CT molecular complexity index is 792. The summed E-state index contributed by atoms with van der Waals surface area (Å²) >= 11 is 7.44. The summed E-state index contributed by atoms with van der Waals surface area (Å²) in [4.78, 5) is 17.5. The first-order chi connectivity index (χ1) is 15.6. The van der Waals surface area contributed by atoms with Crippen LogP contribution in [0.25, 0.3) is 0 Å². The van der Waals surface area contributed by atoms with Gasteiger partial charge in [0.05, 0.1) is 26.4 Å². The van der Waals surface area contributed by atoms with E-state index in [0.717, 1.165) is 63.7 Å². The number of hydrogen-bond acceptors (Lipinski definition) is 5. The number of alkyl halides is 2. The molecule has 2 atom stereocenters.